The molecule has 1 saturated carbocycles. The molecule has 0 bridgehead atoms. The second-order valence-electron chi connectivity index (χ2n) is 6.38. The molecule has 1 amide bonds. The highest BCUT2D eigenvalue weighted by Gasteiger charge is 2.30. The molecular formula is C16H25N3O2. The summed E-state index contributed by atoms with van der Waals surface area (Å²) in [6.07, 6.45) is 8.20. The summed E-state index contributed by atoms with van der Waals surface area (Å²) in [4.78, 5) is 18.8. The van der Waals surface area contributed by atoms with Gasteiger partial charge in [0.15, 0.2) is 0 Å². The van der Waals surface area contributed by atoms with Crippen LogP contribution in [0.3, 0.4) is 0 Å². The molecule has 5 nitrogen and oxygen atoms in total. The number of piperidine rings is 1. The summed E-state index contributed by atoms with van der Waals surface area (Å²) in [7, 11) is 0. The van der Waals surface area contributed by atoms with E-state index in [0.717, 1.165) is 38.4 Å². The predicted molar refractivity (Wildman–Crippen MR) is 80.0 cm³/mol. The number of aryl methyl sites for hydroxylation is 1. The molecule has 116 valence electrons. The predicted octanol–water partition coefficient (Wildman–Crippen LogP) is 2.17. The molecule has 21 heavy (non-hydrogen) atoms. The quantitative estimate of drug-likeness (QED) is 0.835. The van der Waals surface area contributed by atoms with Gasteiger partial charge in [0.1, 0.15) is 11.9 Å². The van der Waals surface area contributed by atoms with Crippen LogP contribution in [0.15, 0.2) is 12.4 Å². The normalized spacial score (nSPS) is 24.1. The summed E-state index contributed by atoms with van der Waals surface area (Å²) in [5.74, 6) is 1.86. The van der Waals surface area contributed by atoms with Gasteiger partial charge in [0, 0.05) is 25.5 Å². The molecule has 1 saturated heterocycles. The first kappa shape index (κ1) is 14.6. The lowest BCUT2D eigenvalue weighted by molar-refractivity contribution is -0.144. The van der Waals surface area contributed by atoms with Crippen LogP contribution in [-0.4, -0.2) is 46.2 Å². The largest absolute Gasteiger partial charge is 0.368 e. The number of nitrogens with zero attached hydrogens (tertiary/aromatic N) is 3. The molecule has 1 aliphatic carbocycles. The highest BCUT2D eigenvalue weighted by Crippen LogP contribution is 2.29. The smallest absolute Gasteiger partial charge is 0.251 e. The molecule has 1 aromatic rings. The Morgan fingerprint density at radius 2 is 2.29 bits per heavy atom. The SMILES string of the molecule is Cc1nccn1[C@@H]1CCCN(C(=O)[C@@H](C)OCC2CC2)C1. The number of carbonyl (C=O) groups excluding carboxylic acids is 1. The second kappa shape index (κ2) is 6.18. The van der Waals surface area contributed by atoms with Gasteiger partial charge in [0.2, 0.25) is 0 Å². The van der Waals surface area contributed by atoms with Crippen molar-refractivity contribution in [3.05, 3.63) is 18.2 Å². The Balaban J connectivity index is 1.57. The van der Waals surface area contributed by atoms with Crippen LogP contribution in [0.1, 0.15) is 44.5 Å². The van der Waals surface area contributed by atoms with Crippen molar-refractivity contribution >= 4 is 5.91 Å². The van der Waals surface area contributed by atoms with E-state index in [9.17, 15) is 4.79 Å². The summed E-state index contributed by atoms with van der Waals surface area (Å²) < 4.78 is 7.91. The van der Waals surface area contributed by atoms with Gasteiger partial charge in [-0.05, 0) is 45.4 Å². The van der Waals surface area contributed by atoms with Gasteiger partial charge in [-0.2, -0.15) is 0 Å². The summed E-state index contributed by atoms with van der Waals surface area (Å²) in [6, 6.07) is 0.348. The molecule has 1 aliphatic heterocycles. The summed E-state index contributed by atoms with van der Waals surface area (Å²) in [6.45, 7) is 6.26. The molecule has 3 rings (SSSR count). The lowest BCUT2D eigenvalue weighted by Crippen LogP contribution is -2.45. The van der Waals surface area contributed by atoms with Gasteiger partial charge in [-0.1, -0.05) is 0 Å². The topological polar surface area (TPSA) is 47.4 Å². The fraction of sp³-hybridized carbons (Fsp3) is 0.750. The van der Waals surface area contributed by atoms with Crippen molar-refractivity contribution in [1.29, 1.82) is 0 Å². The number of carbonyl (C=O) groups is 1. The molecule has 0 spiro atoms. The number of ether oxygens (including phenoxy) is 1. The van der Waals surface area contributed by atoms with Crippen LogP contribution in [0.2, 0.25) is 0 Å². The van der Waals surface area contributed by atoms with Crippen LogP contribution in [0.25, 0.3) is 0 Å². The molecule has 2 heterocycles. The van der Waals surface area contributed by atoms with Gasteiger partial charge in [-0.3, -0.25) is 4.79 Å². The number of amides is 1. The monoisotopic (exact) mass is 291 g/mol. The zero-order valence-electron chi connectivity index (χ0n) is 13.0. The Bertz CT molecular complexity index is 495. The fourth-order valence-electron chi connectivity index (χ4n) is 3.05. The highest BCUT2D eigenvalue weighted by molar-refractivity contribution is 5.80. The van der Waals surface area contributed by atoms with E-state index in [4.69, 9.17) is 4.74 Å². The number of hydrogen-bond donors (Lipinski definition) is 0. The average molecular weight is 291 g/mol. The highest BCUT2D eigenvalue weighted by atomic mass is 16.5. The van der Waals surface area contributed by atoms with Gasteiger partial charge in [0.25, 0.3) is 5.91 Å². The fourth-order valence-corrected chi connectivity index (χ4v) is 3.05. The van der Waals surface area contributed by atoms with Crippen LogP contribution in [0.5, 0.6) is 0 Å². The first-order chi connectivity index (χ1) is 10.1. The van der Waals surface area contributed by atoms with E-state index < -0.39 is 0 Å². The minimum atomic E-state index is -0.312. The molecular weight excluding hydrogens is 266 g/mol. The van der Waals surface area contributed by atoms with Crippen molar-refractivity contribution in [2.24, 2.45) is 5.92 Å². The molecule has 2 atom stereocenters. The van der Waals surface area contributed by atoms with Crippen LogP contribution >= 0.6 is 0 Å². The first-order valence-electron chi connectivity index (χ1n) is 8.05. The summed E-state index contributed by atoms with van der Waals surface area (Å²) in [5, 5.41) is 0. The Hall–Kier alpha value is -1.36. The van der Waals surface area contributed by atoms with E-state index in [2.05, 4.69) is 9.55 Å². The van der Waals surface area contributed by atoms with Crippen molar-refractivity contribution in [2.45, 2.75) is 51.7 Å². The molecule has 2 aliphatic rings. The molecule has 2 fully saturated rings. The number of likely N-dealkylation sites (tertiary alicyclic amines) is 1. The summed E-state index contributed by atoms with van der Waals surface area (Å²) in [5.41, 5.74) is 0. The van der Waals surface area contributed by atoms with Crippen molar-refractivity contribution in [2.75, 3.05) is 19.7 Å². The van der Waals surface area contributed by atoms with Gasteiger partial charge < -0.3 is 14.2 Å². The minimum absolute atomic E-state index is 0.137. The average Bonchev–Trinajstić information content (AvgIpc) is 3.24. The van der Waals surface area contributed by atoms with Crippen LogP contribution < -0.4 is 0 Å². The third kappa shape index (κ3) is 3.46. The van der Waals surface area contributed by atoms with E-state index in [1.54, 1.807) is 0 Å². The second-order valence-corrected chi connectivity index (χ2v) is 6.38. The third-order valence-electron chi connectivity index (χ3n) is 4.59. The molecule has 0 radical (unpaired) electrons. The van der Waals surface area contributed by atoms with Gasteiger partial charge in [-0.15, -0.1) is 0 Å². The summed E-state index contributed by atoms with van der Waals surface area (Å²) >= 11 is 0. The third-order valence-corrected chi connectivity index (χ3v) is 4.59. The number of imidazole rings is 1. The van der Waals surface area contributed by atoms with Crippen LogP contribution in [0.4, 0.5) is 0 Å². The standard InChI is InChI=1S/C16H25N3O2/c1-12(21-11-14-5-6-14)16(20)18-8-3-4-15(10-18)19-9-7-17-13(19)2/h7,9,12,14-15H,3-6,8,10-11H2,1-2H3/t12-,15-/m1/s1. The van der Waals surface area contributed by atoms with Gasteiger partial charge in [-0.25, -0.2) is 4.98 Å². The Kier molecular flexibility index (Phi) is 4.29. The zero-order valence-corrected chi connectivity index (χ0v) is 13.0. The minimum Gasteiger partial charge on any atom is -0.368 e. The Morgan fingerprint density at radius 3 is 2.95 bits per heavy atom. The molecule has 5 heteroatoms. The lowest BCUT2D eigenvalue weighted by Gasteiger charge is -2.35. The first-order valence-corrected chi connectivity index (χ1v) is 8.05. The number of hydrogen-bond acceptors (Lipinski definition) is 3. The van der Waals surface area contributed by atoms with Crippen LogP contribution in [-0.2, 0) is 9.53 Å². The number of aromatic nitrogens is 2. The van der Waals surface area contributed by atoms with E-state index in [1.165, 1.54) is 12.8 Å². The molecule has 0 aromatic carbocycles. The number of rotatable bonds is 5. The van der Waals surface area contributed by atoms with Crippen molar-refractivity contribution in [3.8, 4) is 0 Å². The van der Waals surface area contributed by atoms with Crippen molar-refractivity contribution in [3.63, 3.8) is 0 Å². The Labute approximate surface area is 126 Å². The maximum absolute atomic E-state index is 12.5. The zero-order chi connectivity index (χ0) is 14.8. The van der Waals surface area contributed by atoms with E-state index in [1.807, 2.05) is 31.1 Å². The maximum atomic E-state index is 12.5. The van der Waals surface area contributed by atoms with E-state index in [0.29, 0.717) is 12.0 Å². The van der Waals surface area contributed by atoms with E-state index in [-0.39, 0.29) is 12.0 Å². The van der Waals surface area contributed by atoms with Crippen molar-refractivity contribution in [1.82, 2.24) is 14.5 Å². The van der Waals surface area contributed by atoms with Gasteiger partial charge >= 0.3 is 0 Å². The van der Waals surface area contributed by atoms with E-state index >= 15 is 0 Å². The van der Waals surface area contributed by atoms with Crippen LogP contribution in [0, 0.1) is 12.8 Å². The molecule has 0 N–H and O–H groups in total. The Morgan fingerprint density at radius 1 is 1.48 bits per heavy atom. The molecule has 1 aromatic heterocycles. The van der Waals surface area contributed by atoms with Gasteiger partial charge in [0.05, 0.1) is 12.6 Å². The van der Waals surface area contributed by atoms with Crippen molar-refractivity contribution < 1.29 is 9.53 Å². The maximum Gasteiger partial charge on any atom is 0.251 e. The molecule has 0 unspecified atom stereocenters. The lowest BCUT2D eigenvalue weighted by atomic mass is 10.0.